The summed E-state index contributed by atoms with van der Waals surface area (Å²) >= 11 is 9.27. The van der Waals surface area contributed by atoms with Gasteiger partial charge in [-0.2, -0.15) is 4.98 Å². The number of hydrogen-bond donors (Lipinski definition) is 0. The lowest BCUT2D eigenvalue weighted by molar-refractivity contribution is 0.440. The van der Waals surface area contributed by atoms with Gasteiger partial charge in [0.15, 0.2) is 0 Å². The maximum absolute atomic E-state index is 13.3. The van der Waals surface area contributed by atoms with Crippen molar-refractivity contribution in [1.82, 2.24) is 9.97 Å². The predicted octanol–water partition coefficient (Wildman–Crippen LogP) is 5.43. The normalized spacial score (nSPS) is 11.6. The summed E-state index contributed by atoms with van der Waals surface area (Å²) in [4.78, 5) is 8.71. The van der Waals surface area contributed by atoms with E-state index in [2.05, 4.69) is 25.9 Å². The van der Waals surface area contributed by atoms with Gasteiger partial charge in [-0.1, -0.05) is 32.4 Å². The Morgan fingerprint density at radius 1 is 1.24 bits per heavy atom. The van der Waals surface area contributed by atoms with Crippen molar-refractivity contribution in [2.24, 2.45) is 0 Å². The van der Waals surface area contributed by atoms with Crippen molar-refractivity contribution in [2.75, 3.05) is 0 Å². The van der Waals surface area contributed by atoms with E-state index in [4.69, 9.17) is 16.3 Å². The molecule has 0 bridgehead atoms. The number of rotatable bonds is 2. The van der Waals surface area contributed by atoms with Crippen molar-refractivity contribution >= 4 is 27.5 Å². The molecule has 0 aliphatic heterocycles. The van der Waals surface area contributed by atoms with Crippen LogP contribution in [0.3, 0.4) is 0 Å². The van der Waals surface area contributed by atoms with Crippen molar-refractivity contribution in [3.8, 4) is 11.6 Å². The molecule has 112 valence electrons. The molecule has 2 rings (SSSR count). The second-order valence-corrected chi connectivity index (χ2v) is 6.91. The number of ether oxygens (including phenoxy) is 1. The van der Waals surface area contributed by atoms with E-state index >= 15 is 0 Å². The van der Waals surface area contributed by atoms with Crippen LogP contribution in [-0.2, 0) is 5.41 Å². The Kier molecular flexibility index (Phi) is 4.54. The first-order valence-electron chi connectivity index (χ1n) is 6.36. The van der Waals surface area contributed by atoms with E-state index in [0.717, 1.165) is 0 Å². The SMILES string of the molecule is Cc1c(Cl)nc(C(C)(C)C)nc1Oc1ccc(F)c(Br)c1. The zero-order valence-corrected chi connectivity index (χ0v) is 14.5. The number of benzene rings is 1. The molecule has 0 aliphatic carbocycles. The van der Waals surface area contributed by atoms with E-state index in [9.17, 15) is 4.39 Å². The Labute approximate surface area is 136 Å². The Bertz CT molecular complexity index is 686. The molecule has 6 heteroatoms. The molecule has 0 N–H and O–H groups in total. The Morgan fingerprint density at radius 3 is 2.48 bits per heavy atom. The third-order valence-electron chi connectivity index (χ3n) is 2.82. The number of hydrogen-bond acceptors (Lipinski definition) is 3. The van der Waals surface area contributed by atoms with Gasteiger partial charge in [-0.15, -0.1) is 0 Å². The van der Waals surface area contributed by atoms with Crippen molar-refractivity contribution < 1.29 is 9.13 Å². The summed E-state index contributed by atoms with van der Waals surface area (Å²) in [6.45, 7) is 7.76. The van der Waals surface area contributed by atoms with E-state index in [1.807, 2.05) is 20.8 Å². The van der Waals surface area contributed by atoms with Crippen LogP contribution in [0, 0.1) is 12.7 Å². The molecule has 0 saturated heterocycles. The first kappa shape index (κ1) is 16.2. The average molecular weight is 374 g/mol. The topological polar surface area (TPSA) is 35.0 Å². The van der Waals surface area contributed by atoms with Gasteiger partial charge in [-0.25, -0.2) is 9.37 Å². The monoisotopic (exact) mass is 372 g/mol. The van der Waals surface area contributed by atoms with Crippen LogP contribution in [-0.4, -0.2) is 9.97 Å². The molecule has 0 unspecified atom stereocenters. The van der Waals surface area contributed by atoms with Gasteiger partial charge < -0.3 is 4.74 Å². The van der Waals surface area contributed by atoms with Crippen LogP contribution in [0.25, 0.3) is 0 Å². The van der Waals surface area contributed by atoms with Crippen LogP contribution in [0.2, 0.25) is 5.15 Å². The van der Waals surface area contributed by atoms with Gasteiger partial charge in [0.2, 0.25) is 5.88 Å². The Balaban J connectivity index is 2.43. The molecule has 0 spiro atoms. The van der Waals surface area contributed by atoms with E-state index in [0.29, 0.717) is 32.6 Å². The van der Waals surface area contributed by atoms with Crippen LogP contribution >= 0.6 is 27.5 Å². The van der Waals surface area contributed by atoms with Crippen LogP contribution in [0.5, 0.6) is 11.6 Å². The van der Waals surface area contributed by atoms with Gasteiger partial charge in [0.25, 0.3) is 0 Å². The zero-order valence-electron chi connectivity index (χ0n) is 12.2. The number of aromatic nitrogens is 2. The number of nitrogens with zero attached hydrogens (tertiary/aromatic N) is 2. The highest BCUT2D eigenvalue weighted by Crippen LogP contribution is 2.31. The van der Waals surface area contributed by atoms with Crippen LogP contribution in [0.4, 0.5) is 4.39 Å². The molecule has 0 radical (unpaired) electrons. The van der Waals surface area contributed by atoms with Crippen LogP contribution in [0.15, 0.2) is 22.7 Å². The average Bonchev–Trinajstić information content (AvgIpc) is 2.38. The zero-order chi connectivity index (χ0) is 15.8. The molecule has 0 amide bonds. The summed E-state index contributed by atoms with van der Waals surface area (Å²) < 4.78 is 19.3. The van der Waals surface area contributed by atoms with Crippen molar-refractivity contribution in [1.29, 1.82) is 0 Å². The summed E-state index contributed by atoms with van der Waals surface area (Å²) in [5.74, 6) is 1.09. The van der Waals surface area contributed by atoms with Crippen molar-refractivity contribution in [2.45, 2.75) is 33.1 Å². The summed E-state index contributed by atoms with van der Waals surface area (Å²) in [5.41, 5.74) is 0.392. The van der Waals surface area contributed by atoms with Gasteiger partial charge >= 0.3 is 0 Å². The van der Waals surface area contributed by atoms with E-state index in [-0.39, 0.29) is 11.2 Å². The van der Waals surface area contributed by atoms with Crippen molar-refractivity contribution in [3.63, 3.8) is 0 Å². The second-order valence-electron chi connectivity index (χ2n) is 5.70. The maximum atomic E-state index is 13.3. The lowest BCUT2D eigenvalue weighted by atomic mass is 9.96. The summed E-state index contributed by atoms with van der Waals surface area (Å²) in [6, 6.07) is 4.40. The molecular weight excluding hydrogens is 359 g/mol. The summed E-state index contributed by atoms with van der Waals surface area (Å²) in [6.07, 6.45) is 0. The largest absolute Gasteiger partial charge is 0.439 e. The van der Waals surface area contributed by atoms with E-state index < -0.39 is 0 Å². The highest BCUT2D eigenvalue weighted by Gasteiger charge is 2.21. The molecule has 1 aromatic carbocycles. The first-order valence-corrected chi connectivity index (χ1v) is 7.53. The molecule has 2 aromatic rings. The summed E-state index contributed by atoms with van der Waals surface area (Å²) in [7, 11) is 0. The van der Waals surface area contributed by atoms with Gasteiger partial charge in [-0.3, -0.25) is 0 Å². The highest BCUT2D eigenvalue weighted by molar-refractivity contribution is 9.10. The lowest BCUT2D eigenvalue weighted by Crippen LogP contribution is -2.17. The molecule has 21 heavy (non-hydrogen) atoms. The highest BCUT2D eigenvalue weighted by atomic mass is 79.9. The van der Waals surface area contributed by atoms with Crippen LogP contribution in [0.1, 0.15) is 32.2 Å². The fourth-order valence-corrected chi connectivity index (χ4v) is 2.08. The molecular formula is C15H15BrClFN2O. The van der Waals surface area contributed by atoms with Crippen LogP contribution < -0.4 is 4.74 Å². The molecule has 1 heterocycles. The van der Waals surface area contributed by atoms with E-state index in [1.54, 1.807) is 13.0 Å². The molecule has 0 atom stereocenters. The standard InChI is InChI=1S/C15H15BrClFN2O/c1-8-12(17)19-14(15(2,3)4)20-13(8)21-9-5-6-11(18)10(16)7-9/h5-7H,1-4H3. The third kappa shape index (κ3) is 3.71. The minimum Gasteiger partial charge on any atom is -0.439 e. The predicted molar refractivity (Wildman–Crippen MR) is 84.7 cm³/mol. The fraction of sp³-hybridized carbons (Fsp3) is 0.333. The lowest BCUT2D eigenvalue weighted by Gasteiger charge is -2.19. The molecule has 1 aromatic heterocycles. The minimum absolute atomic E-state index is 0.251. The molecule has 3 nitrogen and oxygen atoms in total. The smallest absolute Gasteiger partial charge is 0.227 e. The Hall–Kier alpha value is -1.20. The van der Waals surface area contributed by atoms with Gasteiger partial charge in [0.05, 0.1) is 4.47 Å². The van der Waals surface area contributed by atoms with Gasteiger partial charge in [-0.05, 0) is 41.1 Å². The molecule has 0 saturated carbocycles. The summed E-state index contributed by atoms with van der Waals surface area (Å²) in [5, 5.41) is 0.353. The van der Waals surface area contributed by atoms with E-state index in [1.165, 1.54) is 12.1 Å². The molecule has 0 aliphatic rings. The minimum atomic E-state index is -0.352. The Morgan fingerprint density at radius 2 is 1.90 bits per heavy atom. The van der Waals surface area contributed by atoms with Crippen molar-refractivity contribution in [3.05, 3.63) is 45.0 Å². The molecule has 0 fully saturated rings. The van der Waals surface area contributed by atoms with Gasteiger partial charge in [0.1, 0.15) is 22.5 Å². The van der Waals surface area contributed by atoms with Gasteiger partial charge in [0, 0.05) is 11.0 Å². The number of halogens is 3. The quantitative estimate of drug-likeness (QED) is 0.658. The second kappa shape index (κ2) is 5.89. The fourth-order valence-electron chi connectivity index (χ4n) is 1.56. The third-order valence-corrected chi connectivity index (χ3v) is 3.79. The maximum Gasteiger partial charge on any atom is 0.227 e. The first-order chi connectivity index (χ1) is 9.68.